The Hall–Kier alpha value is 0.170. The van der Waals surface area contributed by atoms with Crippen LogP contribution in [0.1, 0.15) is 13.3 Å². The normalized spacial score (nSPS) is 14.6. The van der Waals surface area contributed by atoms with Crippen molar-refractivity contribution in [3.05, 3.63) is 11.6 Å². The van der Waals surface area contributed by atoms with Gasteiger partial charge in [-0.1, -0.05) is 37.9 Å². The lowest BCUT2D eigenvalue weighted by Gasteiger charge is -2.03. The molecule has 0 bridgehead atoms. The van der Waals surface area contributed by atoms with Crippen molar-refractivity contribution in [1.82, 2.24) is 0 Å². The molecule has 0 aliphatic carbocycles. The number of hydrogen-bond donors (Lipinski definition) is 0. The molecule has 0 spiro atoms. The maximum atomic E-state index is 10.2. The van der Waals surface area contributed by atoms with Gasteiger partial charge in [0.25, 0.3) is 0 Å². The van der Waals surface area contributed by atoms with E-state index in [4.69, 9.17) is 0 Å². The molecule has 0 radical (unpaired) electrons. The van der Waals surface area contributed by atoms with Crippen LogP contribution >= 0.6 is 31.9 Å². The van der Waals surface area contributed by atoms with Crippen LogP contribution in [0, 0.1) is 0 Å². The Balaban J connectivity index is 3.82. The molecule has 0 aliphatic rings. The fourth-order valence-electron chi connectivity index (χ4n) is 0.451. The molecule has 0 aromatic carbocycles. The van der Waals surface area contributed by atoms with E-state index in [-0.39, 0.29) is 10.4 Å². The molecular formula is C7H9Br2O2-. The van der Waals surface area contributed by atoms with Crippen molar-refractivity contribution >= 4 is 37.8 Å². The molecule has 1 atom stereocenters. The fraction of sp³-hybridized carbons (Fsp3) is 0.571. The molecule has 0 aliphatic heterocycles. The Kier molecular flexibility index (Phi) is 5.86. The summed E-state index contributed by atoms with van der Waals surface area (Å²) in [6, 6.07) is 0. The molecule has 4 heteroatoms. The second kappa shape index (κ2) is 5.77. The van der Waals surface area contributed by atoms with Crippen LogP contribution in [0.25, 0.3) is 0 Å². The van der Waals surface area contributed by atoms with Gasteiger partial charge in [0.05, 0.1) is 5.97 Å². The third-order valence-electron chi connectivity index (χ3n) is 1.17. The smallest absolute Gasteiger partial charge is 0.0668 e. The highest BCUT2D eigenvalue weighted by Crippen LogP contribution is 2.10. The highest BCUT2D eigenvalue weighted by molar-refractivity contribution is 9.12. The van der Waals surface area contributed by atoms with Crippen LogP contribution in [0.2, 0.25) is 0 Å². The largest absolute Gasteiger partial charge is 0.545 e. The molecule has 0 aromatic rings. The number of hydrogen-bond acceptors (Lipinski definition) is 2. The van der Waals surface area contributed by atoms with Crippen LogP contribution in [-0.4, -0.2) is 16.1 Å². The van der Waals surface area contributed by atoms with Gasteiger partial charge in [0.1, 0.15) is 0 Å². The van der Waals surface area contributed by atoms with Crippen molar-refractivity contribution in [2.24, 2.45) is 0 Å². The summed E-state index contributed by atoms with van der Waals surface area (Å²) in [5.74, 6) is -1.10. The van der Waals surface area contributed by atoms with Gasteiger partial charge in [-0.15, -0.1) is 0 Å². The van der Waals surface area contributed by atoms with E-state index < -0.39 is 5.97 Å². The lowest BCUT2D eigenvalue weighted by atomic mass is 10.2. The van der Waals surface area contributed by atoms with Crippen LogP contribution in [0.4, 0.5) is 0 Å². The number of allylic oxidation sites excluding steroid dienone is 1. The van der Waals surface area contributed by atoms with E-state index in [1.165, 1.54) is 6.92 Å². The van der Waals surface area contributed by atoms with Crippen LogP contribution < -0.4 is 5.11 Å². The molecule has 0 rings (SSSR count). The summed E-state index contributed by atoms with van der Waals surface area (Å²) >= 11 is 6.61. The zero-order valence-corrected chi connectivity index (χ0v) is 9.31. The molecule has 0 saturated heterocycles. The van der Waals surface area contributed by atoms with Gasteiger partial charge in [0.15, 0.2) is 0 Å². The van der Waals surface area contributed by atoms with Crippen LogP contribution in [0.3, 0.4) is 0 Å². The van der Waals surface area contributed by atoms with E-state index in [1.807, 2.05) is 0 Å². The minimum atomic E-state index is -1.10. The number of carboxylic acid groups (broad SMARTS) is 1. The van der Waals surface area contributed by atoms with Crippen molar-refractivity contribution in [3.8, 4) is 0 Å². The second-order valence-electron chi connectivity index (χ2n) is 2.16. The van der Waals surface area contributed by atoms with E-state index in [0.717, 1.165) is 5.33 Å². The average Bonchev–Trinajstić information content (AvgIpc) is 1.99. The molecule has 0 amide bonds. The van der Waals surface area contributed by atoms with Gasteiger partial charge in [-0.05, 0) is 18.9 Å². The van der Waals surface area contributed by atoms with Crippen LogP contribution in [0.15, 0.2) is 11.6 Å². The highest BCUT2D eigenvalue weighted by Gasteiger charge is 1.98. The summed E-state index contributed by atoms with van der Waals surface area (Å²) in [6.45, 7) is 1.53. The van der Waals surface area contributed by atoms with Crippen LogP contribution in [0.5, 0.6) is 0 Å². The molecular weight excluding hydrogens is 276 g/mol. The van der Waals surface area contributed by atoms with Crippen molar-refractivity contribution in [3.63, 3.8) is 0 Å². The van der Waals surface area contributed by atoms with Gasteiger partial charge in [0, 0.05) is 10.2 Å². The standard InChI is InChI=1S/C7H10Br2O2/c1-5(7(10)11)2-3-6(9)4-8/h2,6H,3-4H2,1H3,(H,10,11)/p-1/b5-2+. The molecule has 11 heavy (non-hydrogen) atoms. The van der Waals surface area contributed by atoms with E-state index in [1.54, 1.807) is 6.08 Å². The van der Waals surface area contributed by atoms with E-state index in [2.05, 4.69) is 31.9 Å². The van der Waals surface area contributed by atoms with Crippen molar-refractivity contribution in [2.45, 2.75) is 18.2 Å². The lowest BCUT2D eigenvalue weighted by molar-refractivity contribution is -0.299. The van der Waals surface area contributed by atoms with Crippen molar-refractivity contribution in [2.75, 3.05) is 5.33 Å². The third-order valence-corrected chi connectivity index (χ3v) is 3.52. The van der Waals surface area contributed by atoms with Gasteiger partial charge in [0.2, 0.25) is 0 Å². The maximum absolute atomic E-state index is 10.2. The summed E-state index contributed by atoms with van der Waals surface area (Å²) in [5.41, 5.74) is 0.287. The summed E-state index contributed by atoms with van der Waals surface area (Å²) in [6.07, 6.45) is 2.35. The second-order valence-corrected chi connectivity index (χ2v) is 4.10. The number of carbonyl (C=O) groups excluding carboxylic acids is 1. The quantitative estimate of drug-likeness (QED) is 0.576. The van der Waals surface area contributed by atoms with Gasteiger partial charge >= 0.3 is 0 Å². The Morgan fingerprint density at radius 3 is 2.64 bits per heavy atom. The molecule has 0 N–H and O–H groups in total. The van der Waals surface area contributed by atoms with Gasteiger partial charge < -0.3 is 9.90 Å². The number of rotatable bonds is 4. The number of carboxylic acids is 1. The van der Waals surface area contributed by atoms with E-state index in [0.29, 0.717) is 6.42 Å². The number of aliphatic carboxylic acids is 1. The molecule has 2 nitrogen and oxygen atoms in total. The number of carbonyl (C=O) groups is 1. The number of halogens is 2. The number of alkyl halides is 2. The summed E-state index contributed by atoms with van der Waals surface area (Å²) < 4.78 is 0. The third kappa shape index (κ3) is 5.44. The highest BCUT2D eigenvalue weighted by atomic mass is 79.9. The predicted molar refractivity (Wildman–Crippen MR) is 49.9 cm³/mol. The van der Waals surface area contributed by atoms with E-state index in [9.17, 15) is 9.90 Å². The first-order chi connectivity index (χ1) is 5.07. The molecule has 0 fully saturated rings. The summed E-state index contributed by atoms with van der Waals surface area (Å²) in [5, 5.41) is 11.0. The Morgan fingerprint density at radius 2 is 2.27 bits per heavy atom. The Morgan fingerprint density at radius 1 is 1.73 bits per heavy atom. The summed E-state index contributed by atoms with van der Waals surface area (Å²) in [7, 11) is 0. The summed E-state index contributed by atoms with van der Waals surface area (Å²) in [4.78, 5) is 10.5. The zero-order chi connectivity index (χ0) is 8.85. The Labute approximate surface area is 82.9 Å². The minimum Gasteiger partial charge on any atom is -0.545 e. The average molecular weight is 285 g/mol. The fourth-order valence-corrected chi connectivity index (χ4v) is 0.902. The van der Waals surface area contributed by atoms with E-state index >= 15 is 0 Å². The molecule has 64 valence electrons. The van der Waals surface area contributed by atoms with Gasteiger partial charge in [-0.3, -0.25) is 0 Å². The molecule has 1 unspecified atom stereocenters. The topological polar surface area (TPSA) is 40.1 Å². The van der Waals surface area contributed by atoms with Gasteiger partial charge in [-0.25, -0.2) is 0 Å². The zero-order valence-electron chi connectivity index (χ0n) is 6.14. The predicted octanol–water partition coefficient (Wildman–Crippen LogP) is 1.23. The molecule has 0 aromatic heterocycles. The SMILES string of the molecule is C/C(=C\CC(Br)CBr)C(=O)[O-]. The maximum Gasteiger partial charge on any atom is 0.0668 e. The molecule has 0 saturated carbocycles. The van der Waals surface area contributed by atoms with Crippen molar-refractivity contribution < 1.29 is 9.90 Å². The first-order valence-electron chi connectivity index (χ1n) is 3.16. The minimum absolute atomic E-state index is 0.287. The first kappa shape index (κ1) is 11.2. The van der Waals surface area contributed by atoms with Gasteiger partial charge in [-0.2, -0.15) is 0 Å². The molecule has 0 heterocycles. The van der Waals surface area contributed by atoms with Crippen molar-refractivity contribution in [1.29, 1.82) is 0 Å². The Bertz CT molecular complexity index is 166. The lowest BCUT2D eigenvalue weighted by Crippen LogP contribution is -2.23. The van der Waals surface area contributed by atoms with Crippen LogP contribution in [-0.2, 0) is 4.79 Å². The first-order valence-corrected chi connectivity index (χ1v) is 5.19. The monoisotopic (exact) mass is 283 g/mol.